The number of fused-ring (bicyclic) bond motifs is 1. The highest BCUT2D eigenvalue weighted by Gasteiger charge is 2.21. The van der Waals surface area contributed by atoms with Crippen LogP contribution in [-0.2, 0) is 12.8 Å². The molecule has 1 atom stereocenters. The van der Waals surface area contributed by atoms with Crippen LogP contribution in [0.5, 0.6) is 0 Å². The molecular formula is C9H15N3O. The van der Waals surface area contributed by atoms with Gasteiger partial charge in [-0.05, 0) is 38.8 Å². The quantitative estimate of drug-likeness (QED) is 0.602. The van der Waals surface area contributed by atoms with E-state index >= 15 is 0 Å². The zero-order valence-electron chi connectivity index (χ0n) is 7.81. The number of hydrogen-bond acceptors (Lipinski definition) is 2. The lowest BCUT2D eigenvalue weighted by atomic mass is 9.88. The maximum atomic E-state index is 11.3. The third-order valence-corrected chi connectivity index (χ3v) is 2.75. The molecule has 0 radical (unpaired) electrons. The fraction of sp³-hybridized carbons (Fsp3) is 0.667. The molecule has 0 amide bonds. The normalized spacial score (nSPS) is 21.5. The number of aromatic amines is 2. The van der Waals surface area contributed by atoms with Gasteiger partial charge in [-0.1, -0.05) is 0 Å². The molecule has 3 N–H and O–H groups in total. The van der Waals surface area contributed by atoms with E-state index in [2.05, 4.69) is 15.5 Å². The lowest BCUT2D eigenvalue weighted by molar-refractivity contribution is 0.437. The summed E-state index contributed by atoms with van der Waals surface area (Å²) in [6.45, 7) is 1.00. The van der Waals surface area contributed by atoms with Crippen LogP contribution < -0.4 is 10.9 Å². The van der Waals surface area contributed by atoms with Gasteiger partial charge < -0.3 is 10.4 Å². The molecule has 1 heterocycles. The molecule has 0 aliphatic heterocycles. The largest absolute Gasteiger partial charge is 0.319 e. The van der Waals surface area contributed by atoms with E-state index in [1.54, 1.807) is 0 Å². The summed E-state index contributed by atoms with van der Waals surface area (Å²) in [6.07, 6.45) is 3.08. The third kappa shape index (κ3) is 1.54. The van der Waals surface area contributed by atoms with Crippen molar-refractivity contribution in [2.24, 2.45) is 5.92 Å². The Hall–Kier alpha value is -1.03. The van der Waals surface area contributed by atoms with E-state index in [0.29, 0.717) is 5.92 Å². The predicted molar refractivity (Wildman–Crippen MR) is 50.9 cm³/mol. The van der Waals surface area contributed by atoms with Gasteiger partial charge in [0.05, 0.1) is 0 Å². The molecule has 0 spiro atoms. The van der Waals surface area contributed by atoms with Gasteiger partial charge in [0.1, 0.15) is 0 Å². The Kier molecular flexibility index (Phi) is 2.22. The van der Waals surface area contributed by atoms with Crippen molar-refractivity contribution in [3.63, 3.8) is 0 Å². The molecule has 0 fully saturated rings. The van der Waals surface area contributed by atoms with Gasteiger partial charge in [0.2, 0.25) is 0 Å². The van der Waals surface area contributed by atoms with Crippen molar-refractivity contribution in [1.82, 2.24) is 15.5 Å². The van der Waals surface area contributed by atoms with Crippen molar-refractivity contribution in [2.45, 2.75) is 19.3 Å². The molecule has 0 saturated heterocycles. The van der Waals surface area contributed by atoms with E-state index in [4.69, 9.17) is 0 Å². The zero-order valence-corrected chi connectivity index (χ0v) is 7.81. The second kappa shape index (κ2) is 3.38. The highest BCUT2D eigenvalue weighted by Crippen LogP contribution is 2.20. The average molecular weight is 181 g/mol. The van der Waals surface area contributed by atoms with Crippen molar-refractivity contribution in [1.29, 1.82) is 0 Å². The molecule has 1 aliphatic carbocycles. The summed E-state index contributed by atoms with van der Waals surface area (Å²) < 4.78 is 0. The summed E-state index contributed by atoms with van der Waals surface area (Å²) in [7, 11) is 1.96. The van der Waals surface area contributed by atoms with Crippen molar-refractivity contribution in [3.8, 4) is 0 Å². The molecule has 4 heteroatoms. The van der Waals surface area contributed by atoms with Gasteiger partial charge in [0.25, 0.3) is 5.56 Å². The Bertz CT molecular complexity index is 339. The number of rotatable bonds is 2. The average Bonchev–Trinajstić information content (AvgIpc) is 2.49. The first-order valence-corrected chi connectivity index (χ1v) is 4.74. The van der Waals surface area contributed by atoms with Crippen LogP contribution in [0.25, 0.3) is 0 Å². The lowest BCUT2D eigenvalue weighted by Crippen LogP contribution is -2.26. The molecule has 0 saturated carbocycles. The molecule has 2 rings (SSSR count). The minimum Gasteiger partial charge on any atom is -0.319 e. The van der Waals surface area contributed by atoms with Crippen LogP contribution in [0.3, 0.4) is 0 Å². The Morgan fingerprint density at radius 3 is 3.15 bits per heavy atom. The van der Waals surface area contributed by atoms with Gasteiger partial charge >= 0.3 is 0 Å². The summed E-state index contributed by atoms with van der Waals surface area (Å²) in [5.74, 6) is 0.620. The van der Waals surface area contributed by atoms with Crippen LogP contribution in [0.2, 0.25) is 0 Å². The van der Waals surface area contributed by atoms with Gasteiger partial charge in [0.15, 0.2) is 0 Å². The Morgan fingerprint density at radius 2 is 2.38 bits per heavy atom. The van der Waals surface area contributed by atoms with E-state index in [1.165, 1.54) is 6.42 Å². The number of H-pyrrole nitrogens is 2. The maximum Gasteiger partial charge on any atom is 0.267 e. The van der Waals surface area contributed by atoms with Crippen molar-refractivity contribution < 1.29 is 0 Å². The van der Waals surface area contributed by atoms with E-state index in [1.807, 2.05) is 7.05 Å². The van der Waals surface area contributed by atoms with Gasteiger partial charge in [-0.15, -0.1) is 0 Å². The van der Waals surface area contributed by atoms with E-state index in [0.717, 1.165) is 30.6 Å². The fourth-order valence-electron chi connectivity index (χ4n) is 2.05. The van der Waals surface area contributed by atoms with E-state index < -0.39 is 0 Å². The van der Waals surface area contributed by atoms with Crippen LogP contribution in [0.15, 0.2) is 4.79 Å². The highest BCUT2D eigenvalue weighted by molar-refractivity contribution is 5.20. The molecule has 4 nitrogen and oxygen atoms in total. The third-order valence-electron chi connectivity index (χ3n) is 2.75. The molecule has 72 valence electrons. The van der Waals surface area contributed by atoms with Gasteiger partial charge in [-0.2, -0.15) is 0 Å². The standard InChI is InChI=1S/C9H15N3O/c1-10-5-6-2-3-8-7(4-6)9(13)12-11-8/h6,10H,2-5H2,1H3,(H2,11,12,13). The van der Waals surface area contributed by atoms with Crippen molar-refractivity contribution in [2.75, 3.05) is 13.6 Å². The Morgan fingerprint density at radius 1 is 1.54 bits per heavy atom. The number of aryl methyl sites for hydroxylation is 1. The molecular weight excluding hydrogens is 166 g/mol. The Balaban J connectivity index is 2.18. The SMILES string of the molecule is CNCC1CCc2[nH][nH]c(=O)c2C1. The second-order valence-corrected chi connectivity index (χ2v) is 3.70. The van der Waals surface area contributed by atoms with Crippen LogP contribution in [0.1, 0.15) is 17.7 Å². The number of nitrogens with one attached hydrogen (secondary N) is 3. The summed E-state index contributed by atoms with van der Waals surface area (Å²) in [5, 5.41) is 8.73. The molecule has 1 aromatic rings. The van der Waals surface area contributed by atoms with E-state index in [-0.39, 0.29) is 5.56 Å². The predicted octanol–water partition coefficient (Wildman–Crippen LogP) is 0.0273. The van der Waals surface area contributed by atoms with Crippen LogP contribution in [0.4, 0.5) is 0 Å². The van der Waals surface area contributed by atoms with Gasteiger partial charge in [-0.25, -0.2) is 0 Å². The topological polar surface area (TPSA) is 60.7 Å². The first-order chi connectivity index (χ1) is 6.31. The zero-order chi connectivity index (χ0) is 9.26. The molecule has 0 aromatic carbocycles. The van der Waals surface area contributed by atoms with Crippen LogP contribution in [0, 0.1) is 5.92 Å². The summed E-state index contributed by atoms with van der Waals surface area (Å²) in [4.78, 5) is 11.3. The minimum absolute atomic E-state index is 0.0656. The van der Waals surface area contributed by atoms with Gasteiger partial charge in [-0.3, -0.25) is 9.89 Å². The maximum absolute atomic E-state index is 11.3. The second-order valence-electron chi connectivity index (χ2n) is 3.70. The van der Waals surface area contributed by atoms with Crippen LogP contribution >= 0.6 is 0 Å². The summed E-state index contributed by atoms with van der Waals surface area (Å²) in [6, 6.07) is 0. The number of hydrogen-bond donors (Lipinski definition) is 3. The van der Waals surface area contributed by atoms with E-state index in [9.17, 15) is 4.79 Å². The van der Waals surface area contributed by atoms with Crippen LogP contribution in [-0.4, -0.2) is 23.8 Å². The summed E-state index contributed by atoms with van der Waals surface area (Å²) >= 11 is 0. The molecule has 1 aromatic heterocycles. The monoisotopic (exact) mass is 181 g/mol. The molecule has 1 unspecified atom stereocenters. The summed E-state index contributed by atoms with van der Waals surface area (Å²) in [5.41, 5.74) is 2.14. The van der Waals surface area contributed by atoms with Crippen molar-refractivity contribution in [3.05, 3.63) is 21.6 Å². The van der Waals surface area contributed by atoms with Gasteiger partial charge in [0, 0.05) is 11.3 Å². The number of aromatic nitrogens is 2. The first-order valence-electron chi connectivity index (χ1n) is 4.74. The molecule has 13 heavy (non-hydrogen) atoms. The minimum atomic E-state index is 0.0656. The lowest BCUT2D eigenvalue weighted by Gasteiger charge is -2.20. The first kappa shape index (κ1) is 8.56. The fourth-order valence-corrected chi connectivity index (χ4v) is 2.05. The van der Waals surface area contributed by atoms with Crippen molar-refractivity contribution >= 4 is 0 Å². The molecule has 1 aliphatic rings. The molecule has 0 bridgehead atoms. The Labute approximate surface area is 76.7 Å². The smallest absolute Gasteiger partial charge is 0.267 e. The highest BCUT2D eigenvalue weighted by atomic mass is 16.1.